The Balaban J connectivity index is 1.56. The van der Waals surface area contributed by atoms with Gasteiger partial charge in [-0.2, -0.15) is 0 Å². The van der Waals surface area contributed by atoms with Gasteiger partial charge in [0, 0.05) is 40.3 Å². The zero-order valence-corrected chi connectivity index (χ0v) is 13.6. The Morgan fingerprint density at radius 1 is 1.18 bits per heavy atom. The van der Waals surface area contributed by atoms with Gasteiger partial charge < -0.3 is 11.1 Å². The van der Waals surface area contributed by atoms with Gasteiger partial charge in [-0.15, -0.1) is 0 Å². The summed E-state index contributed by atoms with van der Waals surface area (Å²) in [7, 11) is 0. The van der Waals surface area contributed by atoms with Gasteiger partial charge in [-0.25, -0.2) is 9.97 Å². The molecule has 3 N–H and O–H groups in total. The second-order valence-electron chi connectivity index (χ2n) is 5.67. The first-order chi connectivity index (χ1) is 10.6. The van der Waals surface area contributed by atoms with Crippen LogP contribution in [0.3, 0.4) is 0 Å². The Morgan fingerprint density at radius 3 is 2.73 bits per heavy atom. The molecular formula is C16H18Cl2N4. The van der Waals surface area contributed by atoms with E-state index in [1.165, 1.54) is 0 Å². The van der Waals surface area contributed by atoms with E-state index >= 15 is 0 Å². The fourth-order valence-electron chi connectivity index (χ4n) is 2.65. The van der Waals surface area contributed by atoms with E-state index in [0.29, 0.717) is 22.0 Å². The largest absolute Gasteiger partial charge is 0.370 e. The molecule has 116 valence electrons. The Labute approximate surface area is 140 Å². The molecule has 1 fully saturated rings. The summed E-state index contributed by atoms with van der Waals surface area (Å²) in [5.74, 6) is 1.32. The van der Waals surface area contributed by atoms with Crippen LogP contribution in [-0.2, 0) is 6.42 Å². The van der Waals surface area contributed by atoms with E-state index in [9.17, 15) is 0 Å². The highest BCUT2D eigenvalue weighted by Gasteiger charge is 2.28. The molecular weight excluding hydrogens is 319 g/mol. The lowest BCUT2D eigenvalue weighted by atomic mass is 9.79. The summed E-state index contributed by atoms with van der Waals surface area (Å²) >= 11 is 12.1. The van der Waals surface area contributed by atoms with E-state index in [1.54, 1.807) is 12.4 Å². The standard InChI is InChI=1S/C16H18Cl2N4/c17-12-2-1-10(14(18)7-12)3-4-20-16-8-15(21-9-22-16)11-5-13(19)6-11/h1-2,7-9,11,13H,3-6,19H2,(H,20,21,22). The van der Waals surface area contributed by atoms with Gasteiger partial charge in [0.1, 0.15) is 12.1 Å². The Bertz CT molecular complexity index is 656. The molecule has 0 unspecified atom stereocenters. The summed E-state index contributed by atoms with van der Waals surface area (Å²) in [6.45, 7) is 0.752. The highest BCUT2D eigenvalue weighted by atomic mass is 35.5. The van der Waals surface area contributed by atoms with Gasteiger partial charge in [0.05, 0.1) is 0 Å². The van der Waals surface area contributed by atoms with Crippen molar-refractivity contribution in [2.24, 2.45) is 5.73 Å². The minimum Gasteiger partial charge on any atom is -0.370 e. The molecule has 22 heavy (non-hydrogen) atoms. The summed E-state index contributed by atoms with van der Waals surface area (Å²) in [4.78, 5) is 8.60. The number of anilines is 1. The van der Waals surface area contributed by atoms with Gasteiger partial charge in [0.25, 0.3) is 0 Å². The fourth-order valence-corrected chi connectivity index (χ4v) is 3.15. The zero-order valence-electron chi connectivity index (χ0n) is 12.1. The van der Waals surface area contributed by atoms with Crippen LogP contribution in [0.25, 0.3) is 0 Å². The normalized spacial score (nSPS) is 20.5. The Morgan fingerprint density at radius 2 is 2.00 bits per heavy atom. The van der Waals surface area contributed by atoms with Crippen molar-refractivity contribution in [3.63, 3.8) is 0 Å². The second kappa shape index (κ2) is 6.82. The molecule has 3 rings (SSSR count). The molecule has 1 aromatic heterocycles. The first kappa shape index (κ1) is 15.5. The summed E-state index contributed by atoms with van der Waals surface area (Å²) in [6.07, 6.45) is 4.44. The molecule has 4 nitrogen and oxygen atoms in total. The topological polar surface area (TPSA) is 63.8 Å². The number of nitrogens with two attached hydrogens (primary N) is 1. The van der Waals surface area contributed by atoms with Crippen LogP contribution in [0, 0.1) is 0 Å². The molecule has 0 bridgehead atoms. The maximum absolute atomic E-state index is 6.17. The van der Waals surface area contributed by atoms with Crippen LogP contribution in [0.15, 0.2) is 30.6 Å². The summed E-state index contributed by atoms with van der Waals surface area (Å²) < 4.78 is 0. The van der Waals surface area contributed by atoms with E-state index in [2.05, 4.69) is 15.3 Å². The first-order valence-corrected chi connectivity index (χ1v) is 8.12. The smallest absolute Gasteiger partial charge is 0.129 e. The third kappa shape index (κ3) is 3.69. The van der Waals surface area contributed by atoms with Gasteiger partial charge >= 0.3 is 0 Å². The van der Waals surface area contributed by atoms with Crippen molar-refractivity contribution in [3.05, 3.63) is 51.9 Å². The lowest BCUT2D eigenvalue weighted by Gasteiger charge is -2.31. The molecule has 0 atom stereocenters. The van der Waals surface area contributed by atoms with E-state index in [-0.39, 0.29) is 0 Å². The van der Waals surface area contributed by atoms with Gasteiger partial charge in [0.2, 0.25) is 0 Å². The molecule has 6 heteroatoms. The molecule has 1 aliphatic rings. The van der Waals surface area contributed by atoms with E-state index in [1.807, 2.05) is 18.2 Å². The third-order valence-electron chi connectivity index (χ3n) is 4.00. The Hall–Kier alpha value is -1.36. The van der Waals surface area contributed by atoms with E-state index in [4.69, 9.17) is 28.9 Å². The average Bonchev–Trinajstić information content (AvgIpc) is 2.47. The molecule has 0 radical (unpaired) electrons. The number of aromatic nitrogens is 2. The Kier molecular flexibility index (Phi) is 4.81. The van der Waals surface area contributed by atoms with Crippen LogP contribution in [0.2, 0.25) is 10.0 Å². The van der Waals surface area contributed by atoms with Crippen LogP contribution in [0.4, 0.5) is 5.82 Å². The van der Waals surface area contributed by atoms with Gasteiger partial charge in [0.15, 0.2) is 0 Å². The highest BCUT2D eigenvalue weighted by molar-refractivity contribution is 6.35. The number of halogens is 2. The molecule has 1 aromatic carbocycles. The van der Waals surface area contributed by atoms with Crippen molar-refractivity contribution in [2.75, 3.05) is 11.9 Å². The molecule has 0 saturated heterocycles. The summed E-state index contributed by atoms with van der Waals surface area (Å²) in [5.41, 5.74) is 7.97. The third-order valence-corrected chi connectivity index (χ3v) is 4.58. The molecule has 2 aromatic rings. The maximum Gasteiger partial charge on any atom is 0.129 e. The highest BCUT2D eigenvalue weighted by Crippen LogP contribution is 2.34. The molecule has 1 aliphatic carbocycles. The quantitative estimate of drug-likeness (QED) is 0.874. The van der Waals surface area contributed by atoms with Crippen LogP contribution in [-0.4, -0.2) is 22.6 Å². The lowest BCUT2D eigenvalue weighted by molar-refractivity contribution is 0.345. The van der Waals surface area contributed by atoms with Crippen LogP contribution in [0.5, 0.6) is 0 Å². The average molecular weight is 337 g/mol. The van der Waals surface area contributed by atoms with Crippen molar-refractivity contribution < 1.29 is 0 Å². The van der Waals surface area contributed by atoms with E-state index in [0.717, 1.165) is 42.9 Å². The van der Waals surface area contributed by atoms with Gasteiger partial charge in [-0.1, -0.05) is 29.3 Å². The number of nitrogens with zero attached hydrogens (tertiary/aromatic N) is 2. The number of hydrogen-bond acceptors (Lipinski definition) is 4. The van der Waals surface area contributed by atoms with Crippen molar-refractivity contribution in [1.82, 2.24) is 9.97 Å². The fraction of sp³-hybridized carbons (Fsp3) is 0.375. The second-order valence-corrected chi connectivity index (χ2v) is 6.51. The molecule has 1 heterocycles. The summed E-state index contributed by atoms with van der Waals surface area (Å²) in [5, 5.41) is 4.66. The SMILES string of the molecule is NC1CC(c2cc(NCCc3ccc(Cl)cc3Cl)ncn2)C1. The molecule has 0 spiro atoms. The number of nitrogens with one attached hydrogen (secondary N) is 1. The molecule has 0 aliphatic heterocycles. The maximum atomic E-state index is 6.17. The summed E-state index contributed by atoms with van der Waals surface area (Å²) in [6, 6.07) is 7.91. The van der Waals surface area contributed by atoms with Gasteiger partial charge in [-0.3, -0.25) is 0 Å². The first-order valence-electron chi connectivity index (χ1n) is 7.37. The number of benzene rings is 1. The molecule has 0 amide bonds. The minimum atomic E-state index is 0.323. The minimum absolute atomic E-state index is 0.323. The van der Waals surface area contributed by atoms with Crippen molar-refractivity contribution in [3.8, 4) is 0 Å². The van der Waals surface area contributed by atoms with Crippen molar-refractivity contribution in [2.45, 2.75) is 31.2 Å². The van der Waals surface area contributed by atoms with Crippen LogP contribution in [0.1, 0.15) is 30.0 Å². The molecule has 1 saturated carbocycles. The zero-order chi connectivity index (χ0) is 15.5. The van der Waals surface area contributed by atoms with Crippen LogP contribution < -0.4 is 11.1 Å². The van der Waals surface area contributed by atoms with Crippen LogP contribution >= 0.6 is 23.2 Å². The lowest BCUT2D eigenvalue weighted by Crippen LogP contribution is -2.35. The van der Waals surface area contributed by atoms with Crippen molar-refractivity contribution >= 4 is 29.0 Å². The number of rotatable bonds is 5. The predicted octanol–water partition coefficient (Wildman–Crippen LogP) is 3.64. The van der Waals surface area contributed by atoms with E-state index < -0.39 is 0 Å². The van der Waals surface area contributed by atoms with Crippen molar-refractivity contribution in [1.29, 1.82) is 0 Å². The van der Waals surface area contributed by atoms with Gasteiger partial charge in [-0.05, 0) is 37.0 Å². The monoisotopic (exact) mass is 336 g/mol. The predicted molar refractivity (Wildman–Crippen MR) is 90.6 cm³/mol. The number of hydrogen-bond donors (Lipinski definition) is 2.